The Labute approximate surface area is 192 Å². The average molecular weight is 428 g/mol. The molecule has 0 aromatic heterocycles. The third-order valence-electron chi connectivity index (χ3n) is 8.87. The highest BCUT2D eigenvalue weighted by atomic mass is 16.1. The average Bonchev–Trinajstić information content (AvgIpc) is 3.30. The summed E-state index contributed by atoms with van der Waals surface area (Å²) in [6, 6.07) is 0. The topological polar surface area (TPSA) is 43.1 Å². The highest BCUT2D eigenvalue weighted by molar-refractivity contribution is 5.81. The number of ketones is 1. The molecule has 0 amide bonds. The Kier molecular flexibility index (Phi) is 9.22. The summed E-state index contributed by atoms with van der Waals surface area (Å²) in [7, 11) is 0. The SMILES string of the molecule is C=C(N)C(=C)C(CCC)CC(=C)C(CC(=O)C(C)C1CCCCC1)C1C(CC)C1(C)C. The van der Waals surface area contributed by atoms with Gasteiger partial charge in [0.25, 0.3) is 0 Å². The zero-order valence-electron chi connectivity index (χ0n) is 21.1. The lowest BCUT2D eigenvalue weighted by Gasteiger charge is -2.30. The van der Waals surface area contributed by atoms with E-state index < -0.39 is 0 Å². The van der Waals surface area contributed by atoms with Gasteiger partial charge in [-0.15, -0.1) is 0 Å². The normalized spacial score (nSPS) is 26.0. The van der Waals surface area contributed by atoms with E-state index in [-0.39, 0.29) is 17.8 Å². The number of hydrogen-bond donors (Lipinski definition) is 1. The summed E-state index contributed by atoms with van der Waals surface area (Å²) in [5.74, 6) is 3.03. The van der Waals surface area contributed by atoms with E-state index in [9.17, 15) is 4.79 Å². The number of allylic oxidation sites excluding steroid dienone is 2. The van der Waals surface area contributed by atoms with Crippen LogP contribution in [0.15, 0.2) is 36.6 Å². The van der Waals surface area contributed by atoms with Crippen LogP contribution in [-0.2, 0) is 4.79 Å². The minimum atomic E-state index is 0.183. The van der Waals surface area contributed by atoms with Gasteiger partial charge in [0.2, 0.25) is 0 Å². The molecule has 0 heterocycles. The number of rotatable bonds is 13. The molecule has 2 N–H and O–H groups in total. The first-order valence-corrected chi connectivity index (χ1v) is 12.9. The largest absolute Gasteiger partial charge is 0.399 e. The van der Waals surface area contributed by atoms with Crippen molar-refractivity contribution in [2.24, 2.45) is 46.7 Å². The molecule has 0 bridgehead atoms. The van der Waals surface area contributed by atoms with Gasteiger partial charge >= 0.3 is 0 Å². The third kappa shape index (κ3) is 6.14. The van der Waals surface area contributed by atoms with Crippen LogP contribution in [0, 0.1) is 40.9 Å². The molecule has 0 radical (unpaired) electrons. The van der Waals surface area contributed by atoms with Crippen molar-refractivity contribution < 1.29 is 4.79 Å². The van der Waals surface area contributed by atoms with E-state index in [1.807, 2.05) is 0 Å². The first-order valence-electron chi connectivity index (χ1n) is 12.9. The lowest BCUT2D eigenvalue weighted by Crippen LogP contribution is -2.27. The van der Waals surface area contributed by atoms with Crippen LogP contribution in [0.25, 0.3) is 0 Å². The minimum absolute atomic E-state index is 0.183. The van der Waals surface area contributed by atoms with Crippen LogP contribution < -0.4 is 5.73 Å². The molecular formula is C29H49NO. The predicted molar refractivity (Wildman–Crippen MR) is 135 cm³/mol. The summed E-state index contributed by atoms with van der Waals surface area (Å²) in [6.45, 7) is 24.2. The quantitative estimate of drug-likeness (QED) is 0.240. The Morgan fingerprint density at radius 2 is 1.68 bits per heavy atom. The van der Waals surface area contributed by atoms with Gasteiger partial charge in [-0.2, -0.15) is 0 Å². The first-order chi connectivity index (χ1) is 14.6. The van der Waals surface area contributed by atoms with E-state index >= 15 is 0 Å². The predicted octanol–water partition coefficient (Wildman–Crippen LogP) is 7.85. The molecule has 2 aliphatic rings. The Morgan fingerprint density at radius 1 is 1.06 bits per heavy atom. The van der Waals surface area contributed by atoms with Gasteiger partial charge in [0, 0.05) is 18.0 Å². The number of nitrogens with two attached hydrogens (primary N) is 1. The third-order valence-corrected chi connectivity index (χ3v) is 8.87. The van der Waals surface area contributed by atoms with Crippen molar-refractivity contribution in [3.05, 3.63) is 36.6 Å². The molecule has 5 unspecified atom stereocenters. The van der Waals surface area contributed by atoms with Crippen LogP contribution in [-0.4, -0.2) is 5.78 Å². The summed E-state index contributed by atoms with van der Waals surface area (Å²) < 4.78 is 0. The summed E-state index contributed by atoms with van der Waals surface area (Å²) in [6.07, 6.45) is 11.2. The molecule has 2 fully saturated rings. The maximum Gasteiger partial charge on any atom is 0.136 e. The van der Waals surface area contributed by atoms with Gasteiger partial charge in [0.05, 0.1) is 0 Å². The first kappa shape index (κ1) is 25.9. The van der Waals surface area contributed by atoms with Crippen LogP contribution in [0.3, 0.4) is 0 Å². The van der Waals surface area contributed by atoms with Crippen molar-refractivity contribution in [2.45, 2.75) is 98.8 Å². The van der Waals surface area contributed by atoms with Gasteiger partial charge in [0.1, 0.15) is 5.78 Å². The van der Waals surface area contributed by atoms with Crippen molar-refractivity contribution in [2.75, 3.05) is 0 Å². The zero-order chi connectivity index (χ0) is 23.3. The van der Waals surface area contributed by atoms with E-state index in [1.54, 1.807) is 0 Å². The smallest absolute Gasteiger partial charge is 0.136 e. The van der Waals surface area contributed by atoms with Crippen molar-refractivity contribution >= 4 is 5.78 Å². The molecule has 2 aliphatic carbocycles. The highest BCUT2D eigenvalue weighted by Crippen LogP contribution is 2.65. The van der Waals surface area contributed by atoms with Crippen molar-refractivity contribution in [1.29, 1.82) is 0 Å². The monoisotopic (exact) mass is 427 g/mol. The summed E-state index contributed by atoms with van der Waals surface area (Å²) in [5, 5.41) is 0. The minimum Gasteiger partial charge on any atom is -0.399 e. The second-order valence-electron chi connectivity index (χ2n) is 11.2. The summed E-state index contributed by atoms with van der Waals surface area (Å²) >= 11 is 0. The van der Waals surface area contributed by atoms with Crippen LogP contribution in [0.1, 0.15) is 98.8 Å². The summed E-state index contributed by atoms with van der Waals surface area (Å²) in [5.41, 5.74) is 9.07. The van der Waals surface area contributed by atoms with Crippen LogP contribution in [0.2, 0.25) is 0 Å². The van der Waals surface area contributed by atoms with Crippen LogP contribution in [0.5, 0.6) is 0 Å². The molecule has 31 heavy (non-hydrogen) atoms. The lowest BCUT2D eigenvalue weighted by atomic mass is 9.74. The second-order valence-corrected chi connectivity index (χ2v) is 11.2. The van der Waals surface area contributed by atoms with E-state index in [0.29, 0.717) is 41.1 Å². The van der Waals surface area contributed by atoms with Gasteiger partial charge in [0.15, 0.2) is 0 Å². The second kappa shape index (κ2) is 11.0. The molecule has 0 aromatic rings. The van der Waals surface area contributed by atoms with Crippen molar-refractivity contribution in [1.82, 2.24) is 0 Å². The number of carbonyl (C=O) groups excluding carboxylic acids is 1. The van der Waals surface area contributed by atoms with Gasteiger partial charge in [-0.1, -0.05) is 92.0 Å². The van der Waals surface area contributed by atoms with Gasteiger partial charge in [-0.25, -0.2) is 0 Å². The Morgan fingerprint density at radius 3 is 2.16 bits per heavy atom. The Hall–Kier alpha value is -1.31. The van der Waals surface area contributed by atoms with Gasteiger partial charge < -0.3 is 5.73 Å². The maximum absolute atomic E-state index is 13.5. The fourth-order valence-electron chi connectivity index (χ4n) is 6.67. The molecule has 0 spiro atoms. The molecule has 0 saturated heterocycles. The van der Waals surface area contributed by atoms with Gasteiger partial charge in [-0.05, 0) is 66.3 Å². The number of carbonyl (C=O) groups is 1. The van der Waals surface area contributed by atoms with Crippen molar-refractivity contribution in [3.8, 4) is 0 Å². The molecule has 0 aliphatic heterocycles. The highest BCUT2D eigenvalue weighted by Gasteiger charge is 2.59. The van der Waals surface area contributed by atoms with E-state index in [2.05, 4.69) is 54.4 Å². The van der Waals surface area contributed by atoms with E-state index in [1.165, 1.54) is 44.1 Å². The Balaban J connectivity index is 2.18. The summed E-state index contributed by atoms with van der Waals surface area (Å²) in [4.78, 5) is 13.5. The number of Topliss-reactive ketones (excluding diaryl/α,β-unsaturated/α-hetero) is 1. The van der Waals surface area contributed by atoms with Crippen LogP contribution in [0.4, 0.5) is 0 Å². The van der Waals surface area contributed by atoms with Gasteiger partial charge in [-0.3, -0.25) is 4.79 Å². The molecule has 2 saturated carbocycles. The number of hydrogen-bond acceptors (Lipinski definition) is 2. The van der Waals surface area contributed by atoms with E-state index in [0.717, 1.165) is 24.8 Å². The molecule has 2 nitrogen and oxygen atoms in total. The molecule has 2 rings (SSSR count). The lowest BCUT2D eigenvalue weighted by molar-refractivity contribution is -0.125. The fraction of sp³-hybridized carbons (Fsp3) is 0.759. The molecule has 0 aromatic carbocycles. The standard InChI is InChI=1S/C29H49NO/c1-9-14-24(20(4)22(6)30)17-19(3)25(28-26(10-2)29(28,7)8)18-27(31)21(5)23-15-12-11-13-16-23/h21,23-26,28H,3-4,6,9-18,30H2,1-2,5,7-8H3. The molecule has 2 heteroatoms. The molecule has 176 valence electrons. The zero-order valence-corrected chi connectivity index (χ0v) is 21.1. The molecule has 5 atom stereocenters. The molecular weight excluding hydrogens is 378 g/mol. The Bertz CT molecular complexity index is 666. The maximum atomic E-state index is 13.5. The van der Waals surface area contributed by atoms with E-state index in [4.69, 9.17) is 5.73 Å². The fourth-order valence-corrected chi connectivity index (χ4v) is 6.67. The van der Waals surface area contributed by atoms with Crippen LogP contribution >= 0.6 is 0 Å². The van der Waals surface area contributed by atoms with Crippen molar-refractivity contribution in [3.63, 3.8) is 0 Å².